The molecule has 0 aliphatic carbocycles. The molecule has 4 nitrogen and oxygen atoms in total. The van der Waals surface area contributed by atoms with E-state index in [-0.39, 0.29) is 18.1 Å². The Morgan fingerprint density at radius 3 is 2.70 bits per heavy atom. The van der Waals surface area contributed by atoms with Crippen LogP contribution >= 0.6 is 15.9 Å². The van der Waals surface area contributed by atoms with E-state index in [9.17, 15) is 14.5 Å². The molecule has 2 rings (SSSR count). The third kappa shape index (κ3) is 3.33. The lowest BCUT2D eigenvalue weighted by molar-refractivity contribution is -0.385. The summed E-state index contributed by atoms with van der Waals surface area (Å²) in [5.41, 5.74) is 1.55. The molecule has 0 atom stereocenters. The second-order valence-electron chi connectivity index (χ2n) is 4.24. The third-order valence-corrected chi connectivity index (χ3v) is 3.37. The highest BCUT2D eigenvalue weighted by Gasteiger charge is 2.10. The first-order chi connectivity index (χ1) is 9.47. The molecule has 0 heterocycles. The topological polar surface area (TPSA) is 52.4 Å². The zero-order valence-corrected chi connectivity index (χ0v) is 12.2. The van der Waals surface area contributed by atoms with Crippen molar-refractivity contribution in [3.63, 3.8) is 0 Å². The van der Waals surface area contributed by atoms with Crippen LogP contribution in [0.25, 0.3) is 0 Å². The van der Waals surface area contributed by atoms with Crippen LogP contribution in [-0.2, 0) is 6.61 Å². The number of halogens is 2. The number of rotatable bonds is 4. The Balaban J connectivity index is 2.15. The van der Waals surface area contributed by atoms with Crippen LogP contribution in [0.15, 0.2) is 40.9 Å². The van der Waals surface area contributed by atoms with Crippen LogP contribution in [0.1, 0.15) is 11.1 Å². The number of nitrogens with zero attached hydrogens (tertiary/aromatic N) is 1. The first-order valence-corrected chi connectivity index (χ1v) is 6.58. The van der Waals surface area contributed by atoms with E-state index in [4.69, 9.17) is 4.74 Å². The van der Waals surface area contributed by atoms with Crippen LogP contribution < -0.4 is 4.74 Å². The van der Waals surface area contributed by atoms with Gasteiger partial charge in [0.2, 0.25) is 0 Å². The predicted octanol–water partition coefficient (Wildman–Crippen LogP) is 4.38. The Kier molecular flexibility index (Phi) is 4.34. The summed E-state index contributed by atoms with van der Waals surface area (Å²) in [6.07, 6.45) is 0. The lowest BCUT2D eigenvalue weighted by atomic mass is 10.2. The summed E-state index contributed by atoms with van der Waals surface area (Å²) < 4.78 is 19.0. The van der Waals surface area contributed by atoms with Crippen LogP contribution in [-0.4, -0.2) is 4.92 Å². The fourth-order valence-corrected chi connectivity index (χ4v) is 2.07. The fraction of sp³-hybridized carbons (Fsp3) is 0.143. The van der Waals surface area contributed by atoms with Gasteiger partial charge in [0.15, 0.2) is 0 Å². The van der Waals surface area contributed by atoms with Crippen molar-refractivity contribution < 1.29 is 14.1 Å². The van der Waals surface area contributed by atoms with E-state index in [1.54, 1.807) is 25.1 Å². The van der Waals surface area contributed by atoms with Gasteiger partial charge in [-0.1, -0.05) is 6.07 Å². The highest BCUT2D eigenvalue weighted by molar-refractivity contribution is 9.10. The Bertz CT molecular complexity index is 661. The average Bonchev–Trinajstić information content (AvgIpc) is 2.41. The standard InChI is InChI=1S/C14H11BrFNO3/c1-9-2-4-11(17(18)19)7-14(9)20-8-10-3-5-13(16)12(15)6-10/h2-7H,8H2,1H3. The number of non-ortho nitro benzene ring substituents is 1. The van der Waals surface area contributed by atoms with Crippen molar-refractivity contribution in [2.45, 2.75) is 13.5 Å². The SMILES string of the molecule is Cc1ccc([N+](=O)[O-])cc1OCc1ccc(F)c(Br)c1. The third-order valence-electron chi connectivity index (χ3n) is 2.76. The van der Waals surface area contributed by atoms with Crippen molar-refractivity contribution in [3.05, 3.63) is 67.9 Å². The highest BCUT2D eigenvalue weighted by Crippen LogP contribution is 2.25. The molecule has 6 heteroatoms. The van der Waals surface area contributed by atoms with Crippen molar-refractivity contribution in [1.29, 1.82) is 0 Å². The minimum Gasteiger partial charge on any atom is -0.488 e. The predicted molar refractivity (Wildman–Crippen MR) is 76.3 cm³/mol. The molecule has 0 aliphatic heterocycles. The molecule has 0 spiro atoms. The summed E-state index contributed by atoms with van der Waals surface area (Å²) >= 11 is 3.10. The van der Waals surface area contributed by atoms with E-state index in [1.165, 1.54) is 18.2 Å². The number of benzene rings is 2. The van der Waals surface area contributed by atoms with E-state index in [2.05, 4.69) is 15.9 Å². The fourth-order valence-electron chi connectivity index (χ4n) is 1.65. The largest absolute Gasteiger partial charge is 0.488 e. The molecule has 2 aromatic carbocycles. The van der Waals surface area contributed by atoms with Gasteiger partial charge in [-0.3, -0.25) is 10.1 Å². The molecule has 0 bridgehead atoms. The second kappa shape index (κ2) is 6.00. The second-order valence-corrected chi connectivity index (χ2v) is 5.10. The van der Waals surface area contributed by atoms with Gasteiger partial charge in [-0.05, 0) is 52.2 Å². The molecular formula is C14H11BrFNO3. The molecule has 2 aromatic rings. The minimum atomic E-state index is -0.471. The molecular weight excluding hydrogens is 329 g/mol. The number of ether oxygens (including phenoxy) is 1. The maximum Gasteiger partial charge on any atom is 0.273 e. The molecule has 0 unspecified atom stereocenters. The van der Waals surface area contributed by atoms with Gasteiger partial charge in [-0.15, -0.1) is 0 Å². The van der Waals surface area contributed by atoms with E-state index in [1.807, 2.05) is 0 Å². The molecule has 0 saturated carbocycles. The van der Waals surface area contributed by atoms with Gasteiger partial charge < -0.3 is 4.74 Å². The molecule has 0 radical (unpaired) electrons. The summed E-state index contributed by atoms with van der Waals surface area (Å²) in [7, 11) is 0. The quantitative estimate of drug-likeness (QED) is 0.613. The van der Waals surface area contributed by atoms with Gasteiger partial charge >= 0.3 is 0 Å². The van der Waals surface area contributed by atoms with Gasteiger partial charge in [-0.25, -0.2) is 4.39 Å². The normalized spacial score (nSPS) is 10.3. The van der Waals surface area contributed by atoms with Gasteiger partial charge in [0.1, 0.15) is 18.2 Å². The zero-order valence-electron chi connectivity index (χ0n) is 10.6. The number of nitro benzene ring substituents is 1. The van der Waals surface area contributed by atoms with E-state index in [0.717, 1.165) is 11.1 Å². The van der Waals surface area contributed by atoms with Crippen LogP contribution in [0, 0.1) is 22.9 Å². The maximum atomic E-state index is 13.1. The summed E-state index contributed by atoms with van der Waals surface area (Å²) in [6.45, 7) is 2.01. The number of hydrogen-bond acceptors (Lipinski definition) is 3. The van der Waals surface area contributed by atoms with Crippen molar-refractivity contribution in [2.75, 3.05) is 0 Å². The Morgan fingerprint density at radius 1 is 1.30 bits per heavy atom. The van der Waals surface area contributed by atoms with E-state index < -0.39 is 4.92 Å². The molecule has 104 valence electrons. The van der Waals surface area contributed by atoms with Gasteiger partial charge in [-0.2, -0.15) is 0 Å². The van der Waals surface area contributed by atoms with E-state index in [0.29, 0.717) is 10.2 Å². The zero-order chi connectivity index (χ0) is 14.7. The first-order valence-electron chi connectivity index (χ1n) is 5.79. The number of aryl methyl sites for hydroxylation is 1. The summed E-state index contributed by atoms with van der Waals surface area (Å²) in [5.74, 6) is 0.0972. The van der Waals surface area contributed by atoms with Crippen molar-refractivity contribution in [3.8, 4) is 5.75 Å². The van der Waals surface area contributed by atoms with Crippen LogP contribution in [0.4, 0.5) is 10.1 Å². The maximum absolute atomic E-state index is 13.1. The van der Waals surface area contributed by atoms with Crippen LogP contribution in [0.2, 0.25) is 0 Å². The Morgan fingerprint density at radius 2 is 2.05 bits per heavy atom. The van der Waals surface area contributed by atoms with Crippen molar-refractivity contribution >= 4 is 21.6 Å². The van der Waals surface area contributed by atoms with Crippen LogP contribution in [0.5, 0.6) is 5.75 Å². The molecule has 0 aliphatic rings. The molecule has 0 aromatic heterocycles. The monoisotopic (exact) mass is 339 g/mol. The summed E-state index contributed by atoms with van der Waals surface area (Å²) in [6, 6.07) is 9.00. The Labute approximate surface area is 123 Å². The molecule has 0 N–H and O–H groups in total. The highest BCUT2D eigenvalue weighted by atomic mass is 79.9. The number of nitro groups is 1. The number of hydrogen-bond donors (Lipinski definition) is 0. The molecule has 0 amide bonds. The van der Waals surface area contributed by atoms with Crippen molar-refractivity contribution in [1.82, 2.24) is 0 Å². The lowest BCUT2D eigenvalue weighted by Gasteiger charge is -2.09. The van der Waals surface area contributed by atoms with Crippen LogP contribution in [0.3, 0.4) is 0 Å². The van der Waals surface area contributed by atoms with E-state index >= 15 is 0 Å². The van der Waals surface area contributed by atoms with Gasteiger partial charge in [0.05, 0.1) is 15.5 Å². The first kappa shape index (κ1) is 14.5. The summed E-state index contributed by atoms with van der Waals surface area (Å²) in [4.78, 5) is 10.3. The smallest absolute Gasteiger partial charge is 0.273 e. The van der Waals surface area contributed by atoms with Gasteiger partial charge in [0, 0.05) is 6.07 Å². The average molecular weight is 340 g/mol. The minimum absolute atomic E-state index is 0.0223. The lowest BCUT2D eigenvalue weighted by Crippen LogP contribution is -1.98. The Hall–Kier alpha value is -1.95. The molecule has 0 fully saturated rings. The molecule has 20 heavy (non-hydrogen) atoms. The summed E-state index contributed by atoms with van der Waals surface area (Å²) in [5, 5.41) is 10.7. The molecule has 0 saturated heterocycles. The van der Waals surface area contributed by atoms with Gasteiger partial charge in [0.25, 0.3) is 5.69 Å². The van der Waals surface area contributed by atoms with Crippen molar-refractivity contribution in [2.24, 2.45) is 0 Å².